The number of amides is 1. The van der Waals surface area contributed by atoms with E-state index in [1.54, 1.807) is 11.3 Å². The highest BCUT2D eigenvalue weighted by atomic mass is 32.1. The van der Waals surface area contributed by atoms with Gasteiger partial charge in [0.2, 0.25) is 0 Å². The lowest BCUT2D eigenvalue weighted by atomic mass is 9.81. The second-order valence-electron chi connectivity index (χ2n) is 4.76. The third-order valence-electron chi connectivity index (χ3n) is 3.27. The van der Waals surface area contributed by atoms with Crippen LogP contribution in [0.5, 0.6) is 0 Å². The number of carbonyl (C=O) groups excluding carboxylic acids is 1. The number of rotatable bonds is 3. The summed E-state index contributed by atoms with van der Waals surface area (Å²) in [4.78, 5) is 11.8. The molecule has 1 amide bonds. The van der Waals surface area contributed by atoms with Crippen LogP contribution < -0.4 is 10.6 Å². The van der Waals surface area contributed by atoms with E-state index in [2.05, 4.69) is 17.6 Å². The van der Waals surface area contributed by atoms with Crippen LogP contribution in [0.25, 0.3) is 0 Å². The van der Waals surface area contributed by atoms with Gasteiger partial charge in [-0.25, -0.2) is 0 Å². The molecule has 0 atom stereocenters. The van der Waals surface area contributed by atoms with Crippen LogP contribution >= 0.6 is 11.3 Å². The molecule has 2 N–H and O–H groups in total. The maximum Gasteiger partial charge on any atom is 0.252 e. The molecule has 0 aromatic carbocycles. The Morgan fingerprint density at radius 3 is 2.94 bits per heavy atom. The third kappa shape index (κ3) is 2.83. The van der Waals surface area contributed by atoms with Gasteiger partial charge in [0, 0.05) is 17.5 Å². The summed E-state index contributed by atoms with van der Waals surface area (Å²) in [6, 6.07) is 1.87. The van der Waals surface area contributed by atoms with Crippen molar-refractivity contribution in [3.8, 4) is 0 Å². The van der Waals surface area contributed by atoms with Crippen molar-refractivity contribution in [2.75, 3.05) is 19.6 Å². The zero-order valence-electron chi connectivity index (χ0n) is 9.58. The fourth-order valence-electron chi connectivity index (χ4n) is 2.00. The summed E-state index contributed by atoms with van der Waals surface area (Å²) in [7, 11) is 0. The molecule has 1 aromatic rings. The molecule has 2 heterocycles. The van der Waals surface area contributed by atoms with Crippen LogP contribution in [-0.4, -0.2) is 25.5 Å². The lowest BCUT2D eigenvalue weighted by Gasteiger charge is -2.34. The number of thiophene rings is 1. The summed E-state index contributed by atoms with van der Waals surface area (Å²) in [5.41, 5.74) is 1.04. The predicted molar refractivity (Wildman–Crippen MR) is 66.9 cm³/mol. The van der Waals surface area contributed by atoms with Gasteiger partial charge in [0.15, 0.2) is 0 Å². The van der Waals surface area contributed by atoms with Crippen LogP contribution in [-0.2, 0) is 0 Å². The standard InChI is InChI=1S/C12H18N2OS/c1-12(3-5-13-6-4-12)9-14-11(15)10-2-7-16-8-10/h2,7-8,13H,3-6,9H2,1H3,(H,14,15). The Morgan fingerprint density at radius 2 is 2.31 bits per heavy atom. The minimum atomic E-state index is 0.0565. The summed E-state index contributed by atoms with van der Waals surface area (Å²) in [6.45, 7) is 5.15. The molecule has 1 fully saturated rings. The first-order chi connectivity index (χ1) is 7.70. The highest BCUT2D eigenvalue weighted by Crippen LogP contribution is 2.26. The molecule has 1 aromatic heterocycles. The Kier molecular flexibility index (Phi) is 3.61. The van der Waals surface area contributed by atoms with Crippen LogP contribution in [0.3, 0.4) is 0 Å². The first-order valence-electron chi connectivity index (χ1n) is 5.71. The number of hydrogen-bond donors (Lipinski definition) is 2. The Labute approximate surface area is 100 Å². The zero-order valence-corrected chi connectivity index (χ0v) is 10.4. The lowest BCUT2D eigenvalue weighted by molar-refractivity contribution is 0.0923. The van der Waals surface area contributed by atoms with Crippen molar-refractivity contribution in [2.45, 2.75) is 19.8 Å². The van der Waals surface area contributed by atoms with Crippen molar-refractivity contribution in [1.29, 1.82) is 0 Å². The average Bonchev–Trinajstić information content (AvgIpc) is 2.80. The first kappa shape index (κ1) is 11.6. The molecular weight excluding hydrogens is 220 g/mol. The summed E-state index contributed by atoms with van der Waals surface area (Å²) in [5, 5.41) is 10.2. The topological polar surface area (TPSA) is 41.1 Å². The van der Waals surface area contributed by atoms with E-state index in [-0.39, 0.29) is 11.3 Å². The molecule has 1 aliphatic heterocycles. The molecule has 0 saturated carbocycles. The van der Waals surface area contributed by atoms with Gasteiger partial charge in [-0.1, -0.05) is 6.92 Å². The van der Waals surface area contributed by atoms with E-state index in [0.717, 1.165) is 38.0 Å². The van der Waals surface area contributed by atoms with Gasteiger partial charge in [0.05, 0.1) is 0 Å². The van der Waals surface area contributed by atoms with E-state index in [1.165, 1.54) is 0 Å². The van der Waals surface area contributed by atoms with Crippen molar-refractivity contribution in [2.24, 2.45) is 5.41 Å². The van der Waals surface area contributed by atoms with Gasteiger partial charge < -0.3 is 10.6 Å². The normalized spacial score (nSPS) is 19.3. The Balaban J connectivity index is 1.84. The van der Waals surface area contributed by atoms with Crippen molar-refractivity contribution in [3.05, 3.63) is 22.4 Å². The first-order valence-corrected chi connectivity index (χ1v) is 6.65. The molecule has 4 heteroatoms. The summed E-state index contributed by atoms with van der Waals surface area (Å²) in [6.07, 6.45) is 2.27. The van der Waals surface area contributed by atoms with Crippen molar-refractivity contribution < 1.29 is 4.79 Å². The van der Waals surface area contributed by atoms with Crippen LogP contribution in [0, 0.1) is 5.41 Å². The predicted octanol–water partition coefficient (Wildman–Crippen LogP) is 1.87. The molecule has 1 saturated heterocycles. The van der Waals surface area contributed by atoms with Gasteiger partial charge in [-0.2, -0.15) is 11.3 Å². The SMILES string of the molecule is CC1(CNC(=O)c2ccsc2)CCNCC1. The fourth-order valence-corrected chi connectivity index (χ4v) is 2.63. The Morgan fingerprint density at radius 1 is 1.56 bits per heavy atom. The summed E-state index contributed by atoms with van der Waals surface area (Å²) >= 11 is 1.56. The zero-order chi connectivity index (χ0) is 11.4. The van der Waals surface area contributed by atoms with Gasteiger partial charge in [0.25, 0.3) is 5.91 Å². The highest BCUT2D eigenvalue weighted by molar-refractivity contribution is 7.08. The molecule has 88 valence electrons. The lowest BCUT2D eigenvalue weighted by Crippen LogP contribution is -2.42. The van der Waals surface area contributed by atoms with Gasteiger partial charge in [-0.15, -0.1) is 0 Å². The summed E-state index contributed by atoms with van der Waals surface area (Å²) < 4.78 is 0. The van der Waals surface area contributed by atoms with Crippen LogP contribution in [0.1, 0.15) is 30.1 Å². The fraction of sp³-hybridized carbons (Fsp3) is 0.583. The Bertz CT molecular complexity index is 342. The number of nitrogens with one attached hydrogen (secondary N) is 2. The molecule has 0 spiro atoms. The van der Waals surface area contributed by atoms with Crippen LogP contribution in [0.4, 0.5) is 0 Å². The second kappa shape index (κ2) is 4.97. The second-order valence-corrected chi connectivity index (χ2v) is 5.54. The number of carbonyl (C=O) groups is 1. The van der Waals surface area contributed by atoms with Gasteiger partial charge in [0.1, 0.15) is 0 Å². The van der Waals surface area contributed by atoms with Crippen LogP contribution in [0.2, 0.25) is 0 Å². The number of piperidine rings is 1. The molecule has 0 aliphatic carbocycles. The minimum Gasteiger partial charge on any atom is -0.351 e. The van der Waals surface area contributed by atoms with E-state index in [0.29, 0.717) is 0 Å². The smallest absolute Gasteiger partial charge is 0.252 e. The molecule has 1 aliphatic rings. The quantitative estimate of drug-likeness (QED) is 0.844. The van der Waals surface area contributed by atoms with Crippen molar-refractivity contribution >= 4 is 17.2 Å². The van der Waals surface area contributed by atoms with Gasteiger partial charge in [-0.05, 0) is 42.8 Å². The maximum absolute atomic E-state index is 11.8. The largest absolute Gasteiger partial charge is 0.351 e. The maximum atomic E-state index is 11.8. The minimum absolute atomic E-state index is 0.0565. The molecular formula is C12H18N2OS. The molecule has 0 bridgehead atoms. The van der Waals surface area contributed by atoms with E-state index in [9.17, 15) is 4.79 Å². The average molecular weight is 238 g/mol. The van der Waals surface area contributed by atoms with E-state index in [4.69, 9.17) is 0 Å². The van der Waals surface area contributed by atoms with Crippen molar-refractivity contribution in [3.63, 3.8) is 0 Å². The number of hydrogen-bond acceptors (Lipinski definition) is 3. The Hall–Kier alpha value is -0.870. The molecule has 0 radical (unpaired) electrons. The van der Waals surface area contributed by atoms with E-state index < -0.39 is 0 Å². The highest BCUT2D eigenvalue weighted by Gasteiger charge is 2.27. The molecule has 16 heavy (non-hydrogen) atoms. The molecule has 3 nitrogen and oxygen atoms in total. The van der Waals surface area contributed by atoms with E-state index >= 15 is 0 Å². The van der Waals surface area contributed by atoms with Crippen LogP contribution in [0.15, 0.2) is 16.8 Å². The van der Waals surface area contributed by atoms with Crippen molar-refractivity contribution in [1.82, 2.24) is 10.6 Å². The molecule has 2 rings (SSSR count). The summed E-state index contributed by atoms with van der Waals surface area (Å²) in [5.74, 6) is 0.0565. The van der Waals surface area contributed by atoms with Gasteiger partial charge >= 0.3 is 0 Å². The third-order valence-corrected chi connectivity index (χ3v) is 3.95. The van der Waals surface area contributed by atoms with E-state index in [1.807, 2.05) is 16.8 Å². The van der Waals surface area contributed by atoms with Gasteiger partial charge in [-0.3, -0.25) is 4.79 Å². The monoisotopic (exact) mass is 238 g/mol. The molecule has 0 unspecified atom stereocenters.